The van der Waals surface area contributed by atoms with Crippen molar-refractivity contribution in [2.45, 2.75) is 0 Å². The highest BCUT2D eigenvalue weighted by atomic mass is 32.1. The molecule has 0 radical (unpaired) electrons. The number of rotatable bonds is 4. The fourth-order valence-corrected chi connectivity index (χ4v) is 2.52. The van der Waals surface area contributed by atoms with E-state index in [9.17, 15) is 20.0 Å². The third-order valence-electron chi connectivity index (χ3n) is 2.62. The van der Waals surface area contributed by atoms with Crippen molar-refractivity contribution >= 4 is 34.0 Å². The number of hydrogen-bond donors (Lipinski definition) is 1. The number of benzene rings is 1. The van der Waals surface area contributed by atoms with Gasteiger partial charge in [0.1, 0.15) is 5.75 Å². The number of nitro groups is 1. The summed E-state index contributed by atoms with van der Waals surface area (Å²) < 4.78 is 4.71. The predicted octanol–water partition coefficient (Wildman–Crippen LogP) is 3.08. The highest BCUT2D eigenvalue weighted by Crippen LogP contribution is 2.31. The van der Waals surface area contributed by atoms with Gasteiger partial charge in [-0.15, -0.1) is 0 Å². The van der Waals surface area contributed by atoms with Crippen molar-refractivity contribution in [2.75, 3.05) is 7.11 Å². The number of nitrogens with zero attached hydrogens (tertiary/aromatic N) is 1. The van der Waals surface area contributed by atoms with Gasteiger partial charge in [0.05, 0.1) is 17.6 Å². The molecule has 0 amide bonds. The van der Waals surface area contributed by atoms with E-state index in [4.69, 9.17) is 4.74 Å². The average molecular weight is 305 g/mol. The molecule has 21 heavy (non-hydrogen) atoms. The highest BCUT2D eigenvalue weighted by molar-refractivity contribution is 7.16. The lowest BCUT2D eigenvalue weighted by atomic mass is 10.1. The van der Waals surface area contributed by atoms with Crippen LogP contribution in [0.3, 0.4) is 0 Å². The molecule has 0 spiro atoms. The summed E-state index contributed by atoms with van der Waals surface area (Å²) in [4.78, 5) is 22.5. The maximum atomic E-state index is 11.9. The van der Waals surface area contributed by atoms with Gasteiger partial charge in [-0.1, -0.05) is 23.5 Å². The number of carbonyl (C=O) groups excluding carboxylic acids is 1. The first kappa shape index (κ1) is 14.7. The Bertz CT molecular complexity index is 720. The van der Waals surface area contributed by atoms with Crippen LogP contribution in [-0.4, -0.2) is 23.1 Å². The van der Waals surface area contributed by atoms with E-state index >= 15 is 0 Å². The highest BCUT2D eigenvalue weighted by Gasteiger charge is 2.18. The van der Waals surface area contributed by atoms with Gasteiger partial charge in [-0.25, -0.2) is 4.79 Å². The average Bonchev–Trinajstić information content (AvgIpc) is 2.94. The quantitative estimate of drug-likeness (QED) is 0.406. The Kier molecular flexibility index (Phi) is 4.34. The van der Waals surface area contributed by atoms with Gasteiger partial charge in [-0.05, 0) is 29.8 Å². The van der Waals surface area contributed by atoms with Gasteiger partial charge in [-0.3, -0.25) is 10.1 Å². The lowest BCUT2D eigenvalue weighted by Gasteiger charge is -2.03. The van der Waals surface area contributed by atoms with Crippen LogP contribution in [0.5, 0.6) is 5.75 Å². The minimum absolute atomic E-state index is 0.0595. The molecule has 0 atom stereocenters. The summed E-state index contributed by atoms with van der Waals surface area (Å²) in [5.74, 6) is -0.541. The third kappa shape index (κ3) is 3.46. The van der Waals surface area contributed by atoms with Crippen LogP contribution in [0.4, 0.5) is 5.00 Å². The Balaban J connectivity index is 2.47. The summed E-state index contributed by atoms with van der Waals surface area (Å²) in [6.07, 6.45) is 1.51. The van der Waals surface area contributed by atoms with Gasteiger partial charge in [0.2, 0.25) is 0 Å². The molecule has 1 aromatic carbocycles. The van der Waals surface area contributed by atoms with Crippen LogP contribution in [-0.2, 0) is 9.53 Å². The molecule has 0 unspecified atom stereocenters. The van der Waals surface area contributed by atoms with Gasteiger partial charge in [-0.2, -0.15) is 0 Å². The molecule has 108 valence electrons. The van der Waals surface area contributed by atoms with Crippen molar-refractivity contribution in [1.82, 2.24) is 0 Å². The number of hydrogen-bond acceptors (Lipinski definition) is 6. The van der Waals surface area contributed by atoms with E-state index in [1.54, 1.807) is 12.1 Å². The van der Waals surface area contributed by atoms with Crippen molar-refractivity contribution < 1.29 is 19.6 Å². The Hall–Kier alpha value is -2.67. The van der Waals surface area contributed by atoms with E-state index in [1.807, 2.05) is 0 Å². The van der Waals surface area contributed by atoms with Gasteiger partial charge in [0.25, 0.3) is 0 Å². The molecule has 0 saturated carbocycles. The molecule has 0 fully saturated rings. The first-order chi connectivity index (χ1) is 10.0. The number of ether oxygens (including phenoxy) is 1. The van der Waals surface area contributed by atoms with Crippen LogP contribution in [0.25, 0.3) is 11.6 Å². The number of phenols is 1. The molecule has 0 saturated heterocycles. The first-order valence-electron chi connectivity index (χ1n) is 5.85. The Labute approximate surface area is 124 Å². The predicted molar refractivity (Wildman–Crippen MR) is 79.0 cm³/mol. The minimum Gasteiger partial charge on any atom is -0.508 e. The lowest BCUT2D eigenvalue weighted by molar-refractivity contribution is -0.380. The Morgan fingerprint density at radius 2 is 2.14 bits per heavy atom. The second kappa shape index (κ2) is 6.19. The molecule has 0 aliphatic heterocycles. The number of esters is 1. The molecule has 2 aromatic rings. The Morgan fingerprint density at radius 3 is 2.71 bits per heavy atom. The van der Waals surface area contributed by atoms with Gasteiger partial charge in [0, 0.05) is 10.9 Å². The van der Waals surface area contributed by atoms with Crippen LogP contribution in [0.1, 0.15) is 10.4 Å². The maximum absolute atomic E-state index is 11.9. The van der Waals surface area contributed by atoms with Crippen molar-refractivity contribution in [3.8, 4) is 5.75 Å². The monoisotopic (exact) mass is 305 g/mol. The largest absolute Gasteiger partial charge is 0.508 e. The number of methoxy groups -OCH3 is 1. The van der Waals surface area contributed by atoms with Crippen LogP contribution < -0.4 is 0 Å². The van der Waals surface area contributed by atoms with Crippen LogP contribution in [0.15, 0.2) is 36.4 Å². The SMILES string of the molecule is COC(=O)/C(=C\c1cccc(O)c1)c1ccc([N+](=O)[O-])s1. The topological polar surface area (TPSA) is 89.7 Å². The summed E-state index contributed by atoms with van der Waals surface area (Å²) >= 11 is 0.886. The Morgan fingerprint density at radius 1 is 1.38 bits per heavy atom. The molecule has 6 nitrogen and oxygen atoms in total. The van der Waals surface area contributed by atoms with Gasteiger partial charge in [0.15, 0.2) is 0 Å². The zero-order valence-electron chi connectivity index (χ0n) is 11.0. The smallest absolute Gasteiger partial charge is 0.339 e. The van der Waals surface area contributed by atoms with Crippen LogP contribution >= 0.6 is 11.3 Å². The molecule has 0 aliphatic rings. The van der Waals surface area contributed by atoms with E-state index in [2.05, 4.69) is 0 Å². The first-order valence-corrected chi connectivity index (χ1v) is 6.66. The molecule has 2 rings (SSSR count). The fourth-order valence-electron chi connectivity index (χ4n) is 1.69. The standard InChI is InChI=1S/C14H11NO5S/c1-20-14(17)11(8-9-3-2-4-10(16)7-9)12-5-6-13(21-12)15(18)19/h2-8,16H,1H3/b11-8-. The number of thiophene rings is 1. The molecule has 1 aromatic heterocycles. The second-order valence-corrected chi connectivity index (χ2v) is 5.10. The number of aromatic hydroxyl groups is 1. The van der Waals surface area contributed by atoms with Gasteiger partial charge < -0.3 is 9.84 Å². The molecule has 0 bridgehead atoms. The van der Waals surface area contributed by atoms with E-state index in [0.29, 0.717) is 10.4 Å². The molecular formula is C14H11NO5S. The summed E-state index contributed by atoms with van der Waals surface area (Å²) in [5, 5.41) is 20.1. The zero-order chi connectivity index (χ0) is 15.4. The molecule has 7 heteroatoms. The second-order valence-electron chi connectivity index (χ2n) is 4.04. The molecule has 1 N–H and O–H groups in total. The van der Waals surface area contributed by atoms with Crippen LogP contribution in [0.2, 0.25) is 0 Å². The van der Waals surface area contributed by atoms with Crippen molar-refractivity contribution in [2.24, 2.45) is 0 Å². The fraction of sp³-hybridized carbons (Fsp3) is 0.0714. The van der Waals surface area contributed by atoms with Crippen molar-refractivity contribution in [1.29, 1.82) is 0 Å². The summed E-state index contributed by atoms with van der Waals surface area (Å²) in [5.41, 5.74) is 0.785. The minimum atomic E-state index is -0.602. The normalized spacial score (nSPS) is 11.2. The summed E-state index contributed by atoms with van der Waals surface area (Å²) in [6.45, 7) is 0. The van der Waals surface area contributed by atoms with Crippen LogP contribution in [0, 0.1) is 10.1 Å². The summed E-state index contributed by atoms with van der Waals surface area (Å²) in [6, 6.07) is 9.14. The lowest BCUT2D eigenvalue weighted by Crippen LogP contribution is -2.02. The molecular weight excluding hydrogens is 294 g/mol. The third-order valence-corrected chi connectivity index (χ3v) is 3.69. The molecule has 0 aliphatic carbocycles. The van der Waals surface area contributed by atoms with Crippen molar-refractivity contribution in [3.63, 3.8) is 0 Å². The van der Waals surface area contributed by atoms with Crippen molar-refractivity contribution in [3.05, 3.63) is 57.0 Å². The van der Waals surface area contributed by atoms with E-state index in [0.717, 1.165) is 11.3 Å². The van der Waals surface area contributed by atoms with Gasteiger partial charge >= 0.3 is 11.0 Å². The van der Waals surface area contributed by atoms with E-state index < -0.39 is 10.9 Å². The summed E-state index contributed by atoms with van der Waals surface area (Å²) in [7, 11) is 1.24. The molecule has 1 heterocycles. The zero-order valence-corrected chi connectivity index (χ0v) is 11.8. The van der Waals surface area contributed by atoms with E-state index in [1.165, 1.54) is 37.5 Å². The number of phenolic OH excluding ortho intramolecular Hbond substituents is 1. The van der Waals surface area contributed by atoms with E-state index in [-0.39, 0.29) is 16.3 Å². The number of carbonyl (C=O) groups is 1. The maximum Gasteiger partial charge on any atom is 0.339 e.